The van der Waals surface area contributed by atoms with E-state index in [0.717, 1.165) is 30.7 Å². The molecule has 0 spiro atoms. The molecule has 3 aliphatic heterocycles. The van der Waals surface area contributed by atoms with E-state index >= 15 is 0 Å². The second-order valence-corrected chi connectivity index (χ2v) is 10.8. The number of hydrogen-bond donors (Lipinski definition) is 1. The molecule has 0 bridgehead atoms. The van der Waals surface area contributed by atoms with Crippen molar-refractivity contribution in [1.82, 2.24) is 14.8 Å². The molecule has 34 heavy (non-hydrogen) atoms. The van der Waals surface area contributed by atoms with Crippen molar-refractivity contribution >= 4 is 35.0 Å². The summed E-state index contributed by atoms with van der Waals surface area (Å²) < 4.78 is 2.29. The van der Waals surface area contributed by atoms with E-state index in [1.165, 1.54) is 28.8 Å². The molecule has 3 atom stereocenters. The predicted octanol–water partition coefficient (Wildman–Crippen LogP) is 4.52. The van der Waals surface area contributed by atoms with Crippen LogP contribution in [0.4, 0.5) is 0 Å². The number of allylic oxidation sites excluding steroid dienone is 1. The van der Waals surface area contributed by atoms with Crippen LogP contribution in [0, 0.1) is 5.92 Å². The summed E-state index contributed by atoms with van der Waals surface area (Å²) in [4.78, 5) is 31.8. The molecule has 2 unspecified atom stereocenters. The first-order valence-corrected chi connectivity index (χ1v) is 13.1. The lowest BCUT2D eigenvalue weighted by molar-refractivity contribution is -0.137. The third-order valence-electron chi connectivity index (χ3n) is 7.10. The van der Waals surface area contributed by atoms with Crippen molar-refractivity contribution in [3.63, 3.8) is 0 Å². The summed E-state index contributed by atoms with van der Waals surface area (Å²) >= 11 is 1.91. The van der Waals surface area contributed by atoms with E-state index < -0.39 is 6.04 Å². The summed E-state index contributed by atoms with van der Waals surface area (Å²) in [6, 6.07) is 12.5. The first-order valence-electron chi connectivity index (χ1n) is 12.2. The molecule has 0 saturated carbocycles. The van der Waals surface area contributed by atoms with E-state index in [4.69, 9.17) is 4.99 Å². The summed E-state index contributed by atoms with van der Waals surface area (Å²) in [6.45, 7) is 6.14. The van der Waals surface area contributed by atoms with Crippen molar-refractivity contribution < 1.29 is 9.59 Å². The number of benzene rings is 1. The average molecular weight is 477 g/mol. The van der Waals surface area contributed by atoms with E-state index in [2.05, 4.69) is 52.5 Å². The highest BCUT2D eigenvalue weighted by molar-refractivity contribution is 7.99. The number of rotatable bonds is 6. The van der Waals surface area contributed by atoms with E-state index in [-0.39, 0.29) is 23.8 Å². The van der Waals surface area contributed by atoms with Crippen molar-refractivity contribution in [3.8, 4) is 0 Å². The molecule has 1 aromatic carbocycles. The van der Waals surface area contributed by atoms with Crippen molar-refractivity contribution in [2.45, 2.75) is 63.1 Å². The van der Waals surface area contributed by atoms with Gasteiger partial charge in [-0.25, -0.2) is 0 Å². The Balaban J connectivity index is 1.30. The summed E-state index contributed by atoms with van der Waals surface area (Å²) in [5, 5.41) is 4.16. The van der Waals surface area contributed by atoms with Crippen LogP contribution in [0.15, 0.2) is 58.8 Å². The lowest BCUT2D eigenvalue weighted by Gasteiger charge is -2.31. The summed E-state index contributed by atoms with van der Waals surface area (Å²) in [5.41, 5.74) is 4.97. The van der Waals surface area contributed by atoms with E-state index in [1.807, 2.05) is 36.7 Å². The van der Waals surface area contributed by atoms with Crippen LogP contribution >= 0.6 is 11.8 Å². The highest BCUT2D eigenvalue weighted by Gasteiger charge is 2.38. The Kier molecular flexibility index (Phi) is 6.38. The molecular formula is C27H32N4O2S. The van der Waals surface area contributed by atoms with Gasteiger partial charge in [0.15, 0.2) is 0 Å². The number of aromatic nitrogens is 1. The minimum Gasteiger partial charge on any atom is -0.344 e. The van der Waals surface area contributed by atoms with Gasteiger partial charge in [0.1, 0.15) is 6.04 Å². The van der Waals surface area contributed by atoms with E-state index in [9.17, 15) is 9.59 Å². The smallest absolute Gasteiger partial charge is 0.245 e. The maximum atomic E-state index is 13.4. The summed E-state index contributed by atoms with van der Waals surface area (Å²) in [6.07, 6.45) is 6.77. The number of carbonyl (C=O) groups excluding carboxylic acids is 2. The molecule has 1 fully saturated rings. The molecule has 7 heteroatoms. The van der Waals surface area contributed by atoms with Crippen LogP contribution in [-0.2, 0) is 9.59 Å². The number of carbonyl (C=O) groups is 2. The molecule has 1 aromatic heterocycles. The maximum absolute atomic E-state index is 13.4. The highest BCUT2D eigenvalue weighted by Crippen LogP contribution is 2.45. The van der Waals surface area contributed by atoms with Crippen molar-refractivity contribution in [2.75, 3.05) is 12.3 Å². The molecule has 1 N–H and O–H groups in total. The fourth-order valence-electron chi connectivity index (χ4n) is 5.36. The van der Waals surface area contributed by atoms with Gasteiger partial charge in [-0.3, -0.25) is 14.6 Å². The quantitative estimate of drug-likeness (QED) is 0.667. The molecule has 4 heterocycles. The first kappa shape index (κ1) is 23.0. The molecule has 6 nitrogen and oxygen atoms in total. The van der Waals surface area contributed by atoms with Gasteiger partial charge in [-0.2, -0.15) is 0 Å². The third-order valence-corrected chi connectivity index (χ3v) is 8.30. The lowest BCUT2D eigenvalue weighted by atomic mass is 9.95. The van der Waals surface area contributed by atoms with Gasteiger partial charge in [0.05, 0.1) is 11.1 Å². The van der Waals surface area contributed by atoms with Crippen molar-refractivity contribution in [3.05, 3.63) is 59.9 Å². The van der Waals surface area contributed by atoms with E-state index in [1.54, 1.807) is 0 Å². The van der Waals surface area contributed by atoms with Crippen LogP contribution in [0.1, 0.15) is 57.1 Å². The maximum Gasteiger partial charge on any atom is 0.245 e. The van der Waals surface area contributed by atoms with Crippen LogP contribution in [0.3, 0.4) is 0 Å². The Hall–Kier alpha value is -2.80. The molecular weight excluding hydrogens is 444 g/mol. The van der Waals surface area contributed by atoms with Gasteiger partial charge < -0.3 is 14.8 Å². The van der Waals surface area contributed by atoms with Gasteiger partial charge in [-0.15, -0.1) is 11.8 Å². The standard InChI is InChI=1S/C27H32N4O2S/c1-17(2)25(29-18(3)32)26(33)31-12-7-10-24(31)23-14-20(15-28-23)30-13-11-21-22(16-34-27(21)30)19-8-5-4-6-9-19/h4-6,8-9,11,13,15,17,22,24-25H,7,10,12,14,16H2,1-3H3,(H,29,32)/t22?,24?,25-/m0/s1. The molecule has 2 amide bonds. The second-order valence-electron chi connectivity index (χ2n) is 9.75. The Morgan fingerprint density at radius 3 is 2.71 bits per heavy atom. The molecule has 5 rings (SSSR count). The number of hydrogen-bond acceptors (Lipinski definition) is 4. The van der Waals surface area contributed by atoms with Gasteiger partial charge in [-0.1, -0.05) is 44.2 Å². The molecule has 1 saturated heterocycles. The number of amides is 2. The zero-order valence-electron chi connectivity index (χ0n) is 20.0. The molecule has 178 valence electrons. The molecule has 3 aliphatic rings. The Bertz CT molecular complexity index is 1150. The van der Waals surface area contributed by atoms with Gasteiger partial charge in [-0.05, 0) is 36.0 Å². The van der Waals surface area contributed by atoms with E-state index in [0.29, 0.717) is 12.5 Å². The molecule has 2 aromatic rings. The fraction of sp³-hybridized carbons (Fsp3) is 0.444. The Labute approximate surface area is 205 Å². The van der Waals surface area contributed by atoms with Crippen LogP contribution in [0.25, 0.3) is 5.70 Å². The fourth-order valence-corrected chi connectivity index (χ4v) is 6.75. The van der Waals surface area contributed by atoms with Crippen LogP contribution in [-0.4, -0.2) is 51.4 Å². The zero-order chi connectivity index (χ0) is 23.8. The van der Waals surface area contributed by atoms with Gasteiger partial charge >= 0.3 is 0 Å². The van der Waals surface area contributed by atoms with Crippen molar-refractivity contribution in [2.24, 2.45) is 10.9 Å². The largest absolute Gasteiger partial charge is 0.344 e. The summed E-state index contributed by atoms with van der Waals surface area (Å²) in [5.74, 6) is 1.36. The monoisotopic (exact) mass is 476 g/mol. The number of aliphatic imine (C=N–C) groups is 1. The minimum atomic E-state index is -0.494. The average Bonchev–Trinajstić information content (AvgIpc) is 3.60. The topological polar surface area (TPSA) is 66.7 Å². The number of likely N-dealkylation sites (tertiary alicyclic amines) is 1. The van der Waals surface area contributed by atoms with Crippen LogP contribution in [0.5, 0.6) is 0 Å². The minimum absolute atomic E-state index is 0.00425. The Morgan fingerprint density at radius 2 is 1.97 bits per heavy atom. The number of thioether (sulfide) groups is 1. The normalized spacial score (nSPS) is 22.5. The van der Waals surface area contributed by atoms with Crippen LogP contribution < -0.4 is 5.32 Å². The molecule has 0 aliphatic carbocycles. The SMILES string of the molecule is CC(=O)N[C@H](C(=O)N1CCCC1C1=NC=C(n2ccc3c2SCC3c2ccccc2)C1)C(C)C. The van der Waals surface area contributed by atoms with Gasteiger partial charge in [0.2, 0.25) is 11.8 Å². The van der Waals surface area contributed by atoms with Crippen LogP contribution in [0.2, 0.25) is 0 Å². The molecule has 0 radical (unpaired) electrons. The first-order chi connectivity index (χ1) is 16.4. The Morgan fingerprint density at radius 1 is 1.18 bits per heavy atom. The summed E-state index contributed by atoms with van der Waals surface area (Å²) in [7, 11) is 0. The third kappa shape index (κ3) is 4.22. The number of fused-ring (bicyclic) bond motifs is 1. The van der Waals surface area contributed by atoms with Gasteiger partial charge in [0.25, 0.3) is 0 Å². The zero-order valence-corrected chi connectivity index (χ0v) is 20.8. The van der Waals surface area contributed by atoms with Crippen molar-refractivity contribution in [1.29, 1.82) is 0 Å². The predicted molar refractivity (Wildman–Crippen MR) is 137 cm³/mol. The van der Waals surface area contributed by atoms with Gasteiger partial charge in [0, 0.05) is 55.4 Å². The second kappa shape index (κ2) is 9.45. The number of nitrogens with one attached hydrogen (secondary N) is 1. The highest BCUT2D eigenvalue weighted by atomic mass is 32.2. The number of nitrogens with zero attached hydrogens (tertiary/aromatic N) is 3. The lowest BCUT2D eigenvalue weighted by Crippen LogP contribution is -2.53.